The highest BCUT2D eigenvalue weighted by atomic mass is 16.5. The number of hydrogen-bond acceptors (Lipinski definition) is 6. The number of aliphatic hydroxyl groups excluding tert-OH is 1. The van der Waals surface area contributed by atoms with Gasteiger partial charge in [0, 0.05) is 12.8 Å². The number of ether oxygens (including phenoxy) is 1. The third kappa shape index (κ3) is 2.40. The van der Waals surface area contributed by atoms with Crippen LogP contribution in [-0.4, -0.2) is 56.4 Å². The summed E-state index contributed by atoms with van der Waals surface area (Å²) in [6, 6.07) is 2.91. The summed E-state index contributed by atoms with van der Waals surface area (Å²) >= 11 is 0. The van der Waals surface area contributed by atoms with Gasteiger partial charge in [-0.25, -0.2) is 0 Å². The molecule has 2 N–H and O–H groups in total. The van der Waals surface area contributed by atoms with Crippen molar-refractivity contribution in [2.75, 3.05) is 13.2 Å². The molecule has 2 aromatic rings. The Morgan fingerprint density at radius 3 is 3.26 bits per heavy atom. The van der Waals surface area contributed by atoms with Gasteiger partial charge < -0.3 is 15.2 Å². The Hall–Kier alpha value is -2.06. The zero-order valence-corrected chi connectivity index (χ0v) is 10.1. The summed E-state index contributed by atoms with van der Waals surface area (Å²) in [5.41, 5.74) is 0.996. The van der Waals surface area contributed by atoms with E-state index in [9.17, 15) is 9.90 Å². The topological polar surface area (TPSA) is 102 Å². The number of rotatable bonds is 2. The second-order valence-electron chi connectivity index (χ2n) is 4.41. The molecule has 0 radical (unpaired) electrons. The number of hydrogen-bond donors (Lipinski definition) is 2. The number of carbonyl (C=O) groups excluding carboxylic acids is 1. The fourth-order valence-electron chi connectivity index (χ4n) is 1.99. The van der Waals surface area contributed by atoms with Crippen LogP contribution in [-0.2, 0) is 4.74 Å². The predicted molar refractivity (Wildman–Crippen MR) is 63.5 cm³/mol. The van der Waals surface area contributed by atoms with Crippen LogP contribution in [0.5, 0.6) is 0 Å². The summed E-state index contributed by atoms with van der Waals surface area (Å²) in [6.45, 7) is 0.837. The van der Waals surface area contributed by atoms with E-state index < -0.39 is 6.10 Å². The lowest BCUT2D eigenvalue weighted by Crippen LogP contribution is -2.49. The molecule has 0 aromatic carbocycles. The zero-order valence-electron chi connectivity index (χ0n) is 10.1. The van der Waals surface area contributed by atoms with E-state index in [-0.39, 0.29) is 11.9 Å². The van der Waals surface area contributed by atoms with Gasteiger partial charge in [-0.2, -0.15) is 4.52 Å². The number of tetrazole rings is 1. The van der Waals surface area contributed by atoms with Crippen molar-refractivity contribution >= 4 is 11.6 Å². The van der Waals surface area contributed by atoms with Crippen molar-refractivity contribution in [2.24, 2.45) is 0 Å². The minimum atomic E-state index is -0.575. The summed E-state index contributed by atoms with van der Waals surface area (Å²) in [5.74, 6) is -0.285. The Morgan fingerprint density at radius 2 is 2.42 bits per heavy atom. The monoisotopic (exact) mass is 263 g/mol. The average Bonchev–Trinajstić information content (AvgIpc) is 2.88. The Balaban J connectivity index is 1.75. The number of nitrogens with one attached hydrogen (secondary N) is 1. The van der Waals surface area contributed by atoms with Crippen molar-refractivity contribution in [3.8, 4) is 0 Å². The normalized spacial score (nSPS) is 23.4. The molecule has 19 heavy (non-hydrogen) atoms. The van der Waals surface area contributed by atoms with Gasteiger partial charge in [0.2, 0.25) is 0 Å². The van der Waals surface area contributed by atoms with Crippen molar-refractivity contribution in [1.82, 2.24) is 25.4 Å². The second kappa shape index (κ2) is 4.90. The van der Waals surface area contributed by atoms with Crippen molar-refractivity contribution < 1.29 is 14.6 Å². The van der Waals surface area contributed by atoms with Crippen LogP contribution >= 0.6 is 0 Å². The molecular formula is C11H13N5O3. The number of carbonyl (C=O) groups is 1. The van der Waals surface area contributed by atoms with Crippen LogP contribution < -0.4 is 5.32 Å². The van der Waals surface area contributed by atoms with Crippen molar-refractivity contribution in [2.45, 2.75) is 18.6 Å². The molecule has 8 heteroatoms. The minimum Gasteiger partial charge on any atom is -0.391 e. The van der Waals surface area contributed by atoms with Crippen molar-refractivity contribution in [1.29, 1.82) is 0 Å². The first-order valence-corrected chi connectivity index (χ1v) is 5.98. The molecule has 1 saturated heterocycles. The van der Waals surface area contributed by atoms with Gasteiger partial charge in [0.1, 0.15) is 0 Å². The molecule has 3 rings (SSSR count). The van der Waals surface area contributed by atoms with E-state index in [1.54, 1.807) is 18.3 Å². The second-order valence-corrected chi connectivity index (χ2v) is 4.41. The maximum Gasteiger partial charge on any atom is 0.253 e. The van der Waals surface area contributed by atoms with Gasteiger partial charge in [-0.05, 0) is 29.0 Å². The van der Waals surface area contributed by atoms with Crippen molar-refractivity contribution in [3.63, 3.8) is 0 Å². The van der Waals surface area contributed by atoms with E-state index in [1.165, 1.54) is 4.52 Å². The van der Waals surface area contributed by atoms with E-state index >= 15 is 0 Å². The van der Waals surface area contributed by atoms with Crippen LogP contribution in [0.4, 0.5) is 0 Å². The molecule has 0 bridgehead atoms. The first kappa shape index (κ1) is 12.0. The molecule has 3 heterocycles. The lowest BCUT2D eigenvalue weighted by molar-refractivity contribution is -0.0140. The fraction of sp³-hybridized carbons (Fsp3) is 0.455. The number of aliphatic hydroxyl groups is 1. The molecule has 1 fully saturated rings. The van der Waals surface area contributed by atoms with Crippen LogP contribution in [0, 0.1) is 0 Å². The molecule has 0 saturated carbocycles. The summed E-state index contributed by atoms with van der Waals surface area (Å²) in [6.07, 6.45) is 1.49. The van der Waals surface area contributed by atoms with Crippen molar-refractivity contribution in [3.05, 3.63) is 23.9 Å². The fourth-order valence-corrected chi connectivity index (χ4v) is 1.99. The number of aromatic nitrogens is 4. The van der Waals surface area contributed by atoms with Gasteiger partial charge in [0.25, 0.3) is 5.91 Å². The summed E-state index contributed by atoms with van der Waals surface area (Å²) in [7, 11) is 0. The highest BCUT2D eigenvalue weighted by molar-refractivity contribution is 5.94. The first-order chi connectivity index (χ1) is 9.24. The Bertz CT molecular complexity index is 599. The SMILES string of the molecule is O=C(N[C@@H]1COCC[C@H]1O)c1ccc2nnnn2c1. The smallest absolute Gasteiger partial charge is 0.253 e. The van der Waals surface area contributed by atoms with Crippen LogP contribution in [0.15, 0.2) is 18.3 Å². The van der Waals surface area contributed by atoms with Gasteiger partial charge in [-0.1, -0.05) is 0 Å². The molecular weight excluding hydrogens is 250 g/mol. The van der Waals surface area contributed by atoms with Crippen LogP contribution in [0.2, 0.25) is 0 Å². The Morgan fingerprint density at radius 1 is 1.53 bits per heavy atom. The molecule has 0 spiro atoms. The third-order valence-electron chi connectivity index (χ3n) is 3.09. The largest absolute Gasteiger partial charge is 0.391 e. The van der Waals surface area contributed by atoms with Crippen LogP contribution in [0.1, 0.15) is 16.8 Å². The highest BCUT2D eigenvalue weighted by Gasteiger charge is 2.25. The lowest BCUT2D eigenvalue weighted by atomic mass is 10.1. The molecule has 0 unspecified atom stereocenters. The number of pyridine rings is 1. The first-order valence-electron chi connectivity index (χ1n) is 5.98. The summed E-state index contributed by atoms with van der Waals surface area (Å²) < 4.78 is 6.65. The third-order valence-corrected chi connectivity index (χ3v) is 3.09. The maximum atomic E-state index is 12.1. The highest BCUT2D eigenvalue weighted by Crippen LogP contribution is 2.09. The molecule has 2 aromatic heterocycles. The average molecular weight is 263 g/mol. The van der Waals surface area contributed by atoms with E-state index in [0.29, 0.717) is 30.8 Å². The molecule has 0 aliphatic carbocycles. The standard InChI is InChI=1S/C11H13N5O3/c17-9-3-4-19-6-8(9)12-11(18)7-1-2-10-13-14-15-16(10)5-7/h1-2,5,8-9,17H,3-4,6H2,(H,12,18)/t8-,9-/m1/s1. The van der Waals surface area contributed by atoms with E-state index in [1.807, 2.05) is 0 Å². The van der Waals surface area contributed by atoms with Crippen LogP contribution in [0.25, 0.3) is 5.65 Å². The van der Waals surface area contributed by atoms with Gasteiger partial charge in [0.15, 0.2) is 5.65 Å². The van der Waals surface area contributed by atoms with E-state index in [0.717, 1.165) is 0 Å². The molecule has 1 aliphatic heterocycles. The van der Waals surface area contributed by atoms with Gasteiger partial charge in [0.05, 0.1) is 24.3 Å². The molecule has 100 valence electrons. The lowest BCUT2D eigenvalue weighted by Gasteiger charge is -2.28. The Kier molecular flexibility index (Phi) is 3.10. The molecule has 1 aliphatic rings. The zero-order chi connectivity index (χ0) is 13.2. The Labute approximate surface area is 108 Å². The minimum absolute atomic E-state index is 0.285. The molecule has 8 nitrogen and oxygen atoms in total. The number of fused-ring (bicyclic) bond motifs is 1. The van der Waals surface area contributed by atoms with Gasteiger partial charge >= 0.3 is 0 Å². The van der Waals surface area contributed by atoms with Gasteiger partial charge in [-0.15, -0.1) is 5.10 Å². The quantitative estimate of drug-likeness (QED) is 0.721. The molecule has 1 amide bonds. The number of nitrogens with zero attached hydrogens (tertiary/aromatic N) is 4. The molecule has 2 atom stereocenters. The summed E-state index contributed by atoms with van der Waals surface area (Å²) in [4.78, 5) is 12.1. The van der Waals surface area contributed by atoms with E-state index in [2.05, 4.69) is 20.8 Å². The number of amides is 1. The van der Waals surface area contributed by atoms with Crippen LogP contribution in [0.3, 0.4) is 0 Å². The summed E-state index contributed by atoms with van der Waals surface area (Å²) in [5, 5.41) is 23.5. The van der Waals surface area contributed by atoms with Gasteiger partial charge in [-0.3, -0.25) is 4.79 Å². The maximum absolute atomic E-state index is 12.1. The van der Waals surface area contributed by atoms with E-state index in [4.69, 9.17) is 4.74 Å². The predicted octanol–water partition coefficient (Wildman–Crippen LogP) is -0.996.